The number of aliphatic hydroxyl groups is 1. The molecule has 0 fully saturated rings. The molecule has 3 aromatic rings. The molecule has 0 aliphatic heterocycles. The number of nitrogens with zero attached hydrogens (tertiary/aromatic N) is 2. The van der Waals surface area contributed by atoms with Gasteiger partial charge in [0.2, 0.25) is 0 Å². The highest BCUT2D eigenvalue weighted by molar-refractivity contribution is 6.04. The van der Waals surface area contributed by atoms with Gasteiger partial charge < -0.3 is 5.11 Å². The third-order valence-electron chi connectivity index (χ3n) is 3.83. The van der Waals surface area contributed by atoms with Gasteiger partial charge >= 0.3 is 0 Å². The molecule has 0 saturated carbocycles. The zero-order chi connectivity index (χ0) is 18.4. The Bertz CT molecular complexity index is 895. The van der Waals surface area contributed by atoms with Crippen LogP contribution < -0.4 is 5.43 Å². The molecule has 3 rings (SSSR count). The number of hydrazone groups is 1. The topological polar surface area (TPSA) is 87.8 Å². The highest BCUT2D eigenvalue weighted by Crippen LogP contribution is 2.21. The van der Waals surface area contributed by atoms with E-state index in [2.05, 4.69) is 10.5 Å². The molecular formula is C20H17N3O3. The molecule has 1 atom stereocenters. The molecule has 0 aromatic heterocycles. The summed E-state index contributed by atoms with van der Waals surface area (Å²) in [4.78, 5) is 10.3. The lowest BCUT2D eigenvalue weighted by atomic mass is 9.99. The molecule has 0 spiro atoms. The van der Waals surface area contributed by atoms with Gasteiger partial charge in [-0.15, -0.1) is 0 Å². The van der Waals surface area contributed by atoms with E-state index in [-0.39, 0.29) is 5.69 Å². The van der Waals surface area contributed by atoms with E-state index in [0.717, 1.165) is 11.1 Å². The van der Waals surface area contributed by atoms with Crippen LogP contribution >= 0.6 is 0 Å². The average molecular weight is 347 g/mol. The minimum atomic E-state index is -0.913. The van der Waals surface area contributed by atoms with Gasteiger partial charge in [-0.25, -0.2) is 0 Å². The number of nitro benzene ring substituents is 1. The van der Waals surface area contributed by atoms with Gasteiger partial charge in [-0.2, -0.15) is 5.10 Å². The van der Waals surface area contributed by atoms with Crippen molar-refractivity contribution >= 4 is 17.1 Å². The molecule has 6 heteroatoms. The minimum absolute atomic E-state index is 0.00660. The van der Waals surface area contributed by atoms with E-state index >= 15 is 0 Å². The summed E-state index contributed by atoms with van der Waals surface area (Å²) in [5.74, 6) is 0. The Balaban J connectivity index is 1.90. The number of non-ortho nitro benzene ring substituents is 1. The van der Waals surface area contributed by atoms with Crippen molar-refractivity contribution in [2.75, 3.05) is 5.43 Å². The fourth-order valence-electron chi connectivity index (χ4n) is 2.47. The quantitative estimate of drug-likeness (QED) is 0.398. The molecule has 26 heavy (non-hydrogen) atoms. The van der Waals surface area contributed by atoms with E-state index in [0.29, 0.717) is 11.4 Å². The van der Waals surface area contributed by atoms with Gasteiger partial charge in [0.1, 0.15) is 11.8 Å². The van der Waals surface area contributed by atoms with E-state index in [9.17, 15) is 15.2 Å². The number of aliphatic hydroxyl groups excluding tert-OH is 1. The lowest BCUT2D eigenvalue weighted by Gasteiger charge is -2.15. The molecule has 0 heterocycles. The van der Waals surface area contributed by atoms with Crippen LogP contribution in [0.5, 0.6) is 0 Å². The largest absolute Gasteiger partial charge is 0.382 e. The van der Waals surface area contributed by atoms with E-state index in [1.54, 1.807) is 12.1 Å². The molecule has 2 N–H and O–H groups in total. The number of rotatable bonds is 6. The van der Waals surface area contributed by atoms with Crippen molar-refractivity contribution in [1.29, 1.82) is 0 Å². The molecule has 0 aliphatic rings. The normalized spacial score (nSPS) is 12.4. The molecule has 130 valence electrons. The van der Waals surface area contributed by atoms with Crippen molar-refractivity contribution in [2.24, 2.45) is 5.10 Å². The van der Waals surface area contributed by atoms with Gasteiger partial charge in [-0.3, -0.25) is 15.5 Å². The summed E-state index contributed by atoms with van der Waals surface area (Å²) in [7, 11) is 0. The minimum Gasteiger partial charge on any atom is -0.382 e. The van der Waals surface area contributed by atoms with Crippen molar-refractivity contribution in [3.63, 3.8) is 0 Å². The highest BCUT2D eigenvalue weighted by atomic mass is 16.6. The van der Waals surface area contributed by atoms with E-state index < -0.39 is 11.0 Å². The van der Waals surface area contributed by atoms with Gasteiger partial charge in [0, 0.05) is 17.7 Å². The maximum Gasteiger partial charge on any atom is 0.269 e. The second kappa shape index (κ2) is 8.04. The van der Waals surface area contributed by atoms with Gasteiger partial charge in [-0.05, 0) is 17.7 Å². The number of benzene rings is 3. The first-order chi connectivity index (χ1) is 12.6. The molecule has 0 aliphatic carbocycles. The molecule has 0 saturated heterocycles. The summed E-state index contributed by atoms with van der Waals surface area (Å²) in [6.07, 6.45) is -0.913. The van der Waals surface area contributed by atoms with Crippen molar-refractivity contribution in [1.82, 2.24) is 0 Å². The number of hydrogen-bond acceptors (Lipinski definition) is 5. The smallest absolute Gasteiger partial charge is 0.269 e. The van der Waals surface area contributed by atoms with Crippen LogP contribution in [0.3, 0.4) is 0 Å². The Morgan fingerprint density at radius 1 is 0.923 bits per heavy atom. The van der Waals surface area contributed by atoms with Crippen LogP contribution in [0.1, 0.15) is 17.2 Å². The molecular weight excluding hydrogens is 330 g/mol. The fourth-order valence-corrected chi connectivity index (χ4v) is 2.47. The predicted octanol–water partition coefficient (Wildman–Crippen LogP) is 4.14. The van der Waals surface area contributed by atoms with Crippen molar-refractivity contribution in [3.05, 3.63) is 106 Å². The summed E-state index contributed by atoms with van der Waals surface area (Å²) in [6.45, 7) is 0. The maximum absolute atomic E-state index is 10.8. The third kappa shape index (κ3) is 4.12. The first-order valence-electron chi connectivity index (χ1n) is 8.01. The summed E-state index contributed by atoms with van der Waals surface area (Å²) in [5, 5.41) is 25.9. The molecule has 3 aromatic carbocycles. The molecule has 0 unspecified atom stereocenters. The van der Waals surface area contributed by atoms with Crippen molar-refractivity contribution in [2.45, 2.75) is 6.10 Å². The average Bonchev–Trinajstić information content (AvgIpc) is 2.70. The Morgan fingerprint density at radius 2 is 1.50 bits per heavy atom. The Morgan fingerprint density at radius 3 is 2.08 bits per heavy atom. The van der Waals surface area contributed by atoms with Gasteiger partial charge in [0.25, 0.3) is 5.69 Å². The Labute approximate surface area is 150 Å². The molecule has 0 amide bonds. The molecule has 0 bridgehead atoms. The fraction of sp³-hybridized carbons (Fsp3) is 0.0500. The third-order valence-corrected chi connectivity index (χ3v) is 3.83. The second-order valence-corrected chi connectivity index (χ2v) is 5.59. The summed E-state index contributed by atoms with van der Waals surface area (Å²) in [6, 6.07) is 24.5. The van der Waals surface area contributed by atoms with Crippen molar-refractivity contribution in [3.8, 4) is 0 Å². The highest BCUT2D eigenvalue weighted by Gasteiger charge is 2.17. The van der Waals surface area contributed by atoms with Gasteiger partial charge in [0.05, 0.1) is 10.6 Å². The van der Waals surface area contributed by atoms with Crippen LogP contribution in [0.4, 0.5) is 11.4 Å². The van der Waals surface area contributed by atoms with Crippen LogP contribution in [0, 0.1) is 10.1 Å². The van der Waals surface area contributed by atoms with Crippen LogP contribution in [0.15, 0.2) is 90.0 Å². The SMILES string of the molecule is O=[N+]([O-])c1ccc(NN=C(c2ccccc2)[C@H](O)c2ccccc2)cc1. The first kappa shape index (κ1) is 17.3. The number of hydrogen-bond donors (Lipinski definition) is 2. The molecule has 6 nitrogen and oxygen atoms in total. The van der Waals surface area contributed by atoms with E-state index in [4.69, 9.17) is 0 Å². The van der Waals surface area contributed by atoms with Crippen molar-refractivity contribution < 1.29 is 10.0 Å². The first-order valence-corrected chi connectivity index (χ1v) is 8.01. The monoisotopic (exact) mass is 347 g/mol. The summed E-state index contributed by atoms with van der Waals surface area (Å²) >= 11 is 0. The standard InChI is InChI=1S/C20H17N3O3/c24-20(16-9-5-2-6-10-16)19(15-7-3-1-4-8-15)22-21-17-11-13-18(14-12-17)23(25)26/h1-14,20-21,24H/t20-/m1/s1. The van der Waals surface area contributed by atoms with Crippen LogP contribution in [-0.2, 0) is 0 Å². The zero-order valence-electron chi connectivity index (χ0n) is 13.8. The van der Waals surface area contributed by atoms with Crippen LogP contribution in [0.25, 0.3) is 0 Å². The Hall–Kier alpha value is -3.51. The molecule has 0 radical (unpaired) electrons. The Kier molecular flexibility index (Phi) is 5.36. The predicted molar refractivity (Wildman–Crippen MR) is 101 cm³/mol. The van der Waals surface area contributed by atoms with Crippen LogP contribution in [0.2, 0.25) is 0 Å². The van der Waals surface area contributed by atoms with Crippen LogP contribution in [-0.4, -0.2) is 15.7 Å². The van der Waals surface area contributed by atoms with E-state index in [1.165, 1.54) is 12.1 Å². The van der Waals surface area contributed by atoms with Gasteiger partial charge in [-0.1, -0.05) is 60.7 Å². The number of nitro groups is 1. The van der Waals surface area contributed by atoms with Gasteiger partial charge in [0.15, 0.2) is 0 Å². The summed E-state index contributed by atoms with van der Waals surface area (Å²) in [5.41, 5.74) is 5.41. The lowest BCUT2D eigenvalue weighted by Crippen LogP contribution is -2.15. The zero-order valence-corrected chi connectivity index (χ0v) is 13.8. The number of nitrogens with one attached hydrogen (secondary N) is 1. The maximum atomic E-state index is 10.8. The number of anilines is 1. The summed E-state index contributed by atoms with van der Waals surface area (Å²) < 4.78 is 0. The second-order valence-electron chi connectivity index (χ2n) is 5.59. The van der Waals surface area contributed by atoms with E-state index in [1.807, 2.05) is 60.7 Å². The lowest BCUT2D eigenvalue weighted by molar-refractivity contribution is -0.384.